The topological polar surface area (TPSA) is 59.3 Å². The highest BCUT2D eigenvalue weighted by Gasteiger charge is 2.16. The number of amides is 1. The molecular weight excluding hydrogens is 338 g/mol. The van der Waals surface area contributed by atoms with E-state index < -0.39 is 11.5 Å². The Bertz CT molecular complexity index is 950. The molecule has 0 aliphatic rings. The van der Waals surface area contributed by atoms with Crippen molar-refractivity contribution in [3.63, 3.8) is 0 Å². The molecule has 0 unspecified atom stereocenters. The summed E-state index contributed by atoms with van der Waals surface area (Å²) in [6.07, 6.45) is 1.63. The number of carbonyl (C=O) groups is 1. The first-order valence-corrected chi connectivity index (χ1v) is 8.49. The van der Waals surface area contributed by atoms with Crippen LogP contribution < -0.4 is 10.9 Å². The van der Waals surface area contributed by atoms with Gasteiger partial charge in [0, 0.05) is 11.4 Å². The molecule has 2 aromatic carbocycles. The van der Waals surface area contributed by atoms with Gasteiger partial charge in [-0.25, -0.2) is 4.79 Å². The maximum absolute atomic E-state index is 12.4. The van der Waals surface area contributed by atoms with Crippen molar-refractivity contribution >= 4 is 28.5 Å². The number of benzene rings is 2. The number of halogens is 1. The molecule has 1 amide bonds. The van der Waals surface area contributed by atoms with E-state index in [0.29, 0.717) is 16.0 Å². The van der Waals surface area contributed by atoms with Crippen LogP contribution in [-0.4, -0.2) is 11.9 Å². The second kappa shape index (κ2) is 7.53. The summed E-state index contributed by atoms with van der Waals surface area (Å²) in [5, 5.41) is 3.82. The van der Waals surface area contributed by atoms with Crippen LogP contribution in [0.1, 0.15) is 29.3 Å². The molecule has 0 saturated heterocycles. The van der Waals surface area contributed by atoms with E-state index in [4.69, 9.17) is 16.0 Å². The minimum absolute atomic E-state index is 0.0127. The molecule has 25 heavy (non-hydrogen) atoms. The van der Waals surface area contributed by atoms with Gasteiger partial charge in [0.1, 0.15) is 5.56 Å². The van der Waals surface area contributed by atoms with Crippen LogP contribution in [0.15, 0.2) is 63.8 Å². The van der Waals surface area contributed by atoms with E-state index >= 15 is 0 Å². The lowest BCUT2D eigenvalue weighted by molar-refractivity contribution is 0.0935. The van der Waals surface area contributed by atoms with Crippen molar-refractivity contribution in [2.45, 2.75) is 25.8 Å². The number of hydrogen-bond donors (Lipinski definition) is 1. The number of nitrogens with one attached hydrogen (secondary N) is 1. The lowest BCUT2D eigenvalue weighted by Gasteiger charge is -2.13. The zero-order valence-corrected chi connectivity index (χ0v) is 14.5. The van der Waals surface area contributed by atoms with Crippen LogP contribution in [0.4, 0.5) is 0 Å². The Balaban J connectivity index is 1.71. The van der Waals surface area contributed by atoms with Crippen LogP contribution in [0.2, 0.25) is 5.02 Å². The fourth-order valence-corrected chi connectivity index (χ4v) is 2.89. The van der Waals surface area contributed by atoms with Gasteiger partial charge in [-0.2, -0.15) is 0 Å². The Morgan fingerprint density at radius 2 is 1.92 bits per heavy atom. The summed E-state index contributed by atoms with van der Waals surface area (Å²) in [5.41, 5.74) is 0.806. The fourth-order valence-electron chi connectivity index (χ4n) is 2.67. The molecule has 3 aromatic rings. The monoisotopic (exact) mass is 355 g/mol. The SMILES string of the molecule is C[C@@H](CCc1ccccc1)NC(=O)c1cc2cccc(Cl)c2oc1=O. The van der Waals surface area contributed by atoms with Crippen molar-refractivity contribution in [3.8, 4) is 0 Å². The maximum atomic E-state index is 12.4. The van der Waals surface area contributed by atoms with Gasteiger partial charge in [-0.3, -0.25) is 4.79 Å². The standard InChI is InChI=1S/C20H18ClNO3/c1-13(10-11-14-6-3-2-4-7-14)22-19(23)16-12-15-8-5-9-17(21)18(15)25-20(16)24/h2-9,12-13H,10-11H2,1H3,(H,22,23)/t13-/m0/s1. The van der Waals surface area contributed by atoms with Crippen LogP contribution in [0, 0.1) is 0 Å². The Hall–Kier alpha value is -2.59. The van der Waals surface area contributed by atoms with Crippen molar-refractivity contribution in [2.75, 3.05) is 0 Å². The zero-order valence-electron chi connectivity index (χ0n) is 13.8. The van der Waals surface area contributed by atoms with Crippen molar-refractivity contribution in [1.82, 2.24) is 5.32 Å². The van der Waals surface area contributed by atoms with E-state index in [0.717, 1.165) is 12.8 Å². The second-order valence-electron chi connectivity index (χ2n) is 6.00. The summed E-state index contributed by atoms with van der Waals surface area (Å²) in [4.78, 5) is 24.5. The quantitative estimate of drug-likeness (QED) is 0.698. The third-order valence-electron chi connectivity index (χ3n) is 4.04. The van der Waals surface area contributed by atoms with Gasteiger partial charge in [0.05, 0.1) is 5.02 Å². The number of hydrogen-bond acceptors (Lipinski definition) is 3. The van der Waals surface area contributed by atoms with Gasteiger partial charge in [0.25, 0.3) is 5.91 Å². The first-order valence-electron chi connectivity index (χ1n) is 8.12. The minimum Gasteiger partial charge on any atom is -0.421 e. The third-order valence-corrected chi connectivity index (χ3v) is 4.34. The van der Waals surface area contributed by atoms with Gasteiger partial charge in [0.2, 0.25) is 0 Å². The highest BCUT2D eigenvalue weighted by Crippen LogP contribution is 2.22. The molecule has 1 heterocycles. The van der Waals surface area contributed by atoms with Crippen molar-refractivity contribution in [3.05, 3.63) is 81.2 Å². The van der Waals surface area contributed by atoms with Crippen molar-refractivity contribution in [1.29, 1.82) is 0 Å². The van der Waals surface area contributed by atoms with Crippen molar-refractivity contribution in [2.24, 2.45) is 0 Å². The van der Waals surface area contributed by atoms with Crippen LogP contribution >= 0.6 is 11.6 Å². The number of para-hydroxylation sites is 1. The maximum Gasteiger partial charge on any atom is 0.349 e. The average Bonchev–Trinajstić information content (AvgIpc) is 2.61. The van der Waals surface area contributed by atoms with Gasteiger partial charge < -0.3 is 9.73 Å². The van der Waals surface area contributed by atoms with E-state index in [9.17, 15) is 9.59 Å². The second-order valence-corrected chi connectivity index (χ2v) is 6.41. The summed E-state index contributed by atoms with van der Waals surface area (Å²) in [6, 6.07) is 16.6. The molecule has 128 valence electrons. The van der Waals surface area contributed by atoms with E-state index in [1.54, 1.807) is 18.2 Å². The van der Waals surface area contributed by atoms with E-state index in [2.05, 4.69) is 17.4 Å². The van der Waals surface area contributed by atoms with Crippen LogP contribution in [0.5, 0.6) is 0 Å². The van der Waals surface area contributed by atoms with Crippen molar-refractivity contribution < 1.29 is 9.21 Å². The Morgan fingerprint density at radius 1 is 1.16 bits per heavy atom. The molecule has 0 saturated carbocycles. The smallest absolute Gasteiger partial charge is 0.349 e. The molecule has 1 atom stereocenters. The lowest BCUT2D eigenvalue weighted by Crippen LogP contribution is -2.35. The molecule has 3 rings (SSSR count). The lowest BCUT2D eigenvalue weighted by atomic mass is 10.1. The Morgan fingerprint density at radius 3 is 2.68 bits per heavy atom. The van der Waals surface area contributed by atoms with Gasteiger partial charge in [-0.05, 0) is 37.5 Å². The van der Waals surface area contributed by atoms with Gasteiger partial charge in [-0.15, -0.1) is 0 Å². The molecule has 1 N–H and O–H groups in total. The summed E-state index contributed by atoms with van der Waals surface area (Å²) >= 11 is 6.01. The normalized spacial score (nSPS) is 12.1. The number of carbonyl (C=O) groups excluding carboxylic acids is 1. The van der Waals surface area contributed by atoms with Gasteiger partial charge in [0.15, 0.2) is 5.58 Å². The first-order chi connectivity index (χ1) is 12.0. The molecule has 4 nitrogen and oxygen atoms in total. The largest absolute Gasteiger partial charge is 0.421 e. The highest BCUT2D eigenvalue weighted by molar-refractivity contribution is 6.34. The number of aryl methyl sites for hydroxylation is 1. The summed E-state index contributed by atoms with van der Waals surface area (Å²) in [6.45, 7) is 1.92. The van der Waals surface area contributed by atoms with Gasteiger partial charge in [-0.1, -0.05) is 54.1 Å². The summed E-state index contributed by atoms with van der Waals surface area (Å²) in [7, 11) is 0. The zero-order chi connectivity index (χ0) is 17.8. The molecule has 0 aliphatic heterocycles. The fraction of sp³-hybridized carbons (Fsp3) is 0.200. The van der Waals surface area contributed by atoms with Crippen LogP contribution in [0.25, 0.3) is 11.0 Å². The molecule has 5 heteroatoms. The Labute approximate surface area is 150 Å². The first kappa shape index (κ1) is 17.2. The summed E-state index contributed by atoms with van der Waals surface area (Å²) in [5.74, 6) is -0.434. The van der Waals surface area contributed by atoms with E-state index in [-0.39, 0.29) is 11.6 Å². The molecule has 1 aromatic heterocycles. The molecule has 0 spiro atoms. The molecule has 0 radical (unpaired) electrons. The number of fused-ring (bicyclic) bond motifs is 1. The van der Waals surface area contributed by atoms with E-state index in [1.165, 1.54) is 11.6 Å². The third kappa shape index (κ3) is 4.09. The van der Waals surface area contributed by atoms with E-state index in [1.807, 2.05) is 25.1 Å². The predicted octanol–water partition coefficient (Wildman–Crippen LogP) is 4.20. The van der Waals surface area contributed by atoms with Crippen LogP contribution in [-0.2, 0) is 6.42 Å². The van der Waals surface area contributed by atoms with Gasteiger partial charge >= 0.3 is 5.63 Å². The molecule has 0 fully saturated rings. The Kier molecular flexibility index (Phi) is 5.19. The predicted molar refractivity (Wildman–Crippen MR) is 99.2 cm³/mol. The molecule has 0 bridgehead atoms. The number of rotatable bonds is 5. The highest BCUT2D eigenvalue weighted by atomic mass is 35.5. The summed E-state index contributed by atoms with van der Waals surface area (Å²) < 4.78 is 5.21. The average molecular weight is 356 g/mol. The minimum atomic E-state index is -0.687. The van der Waals surface area contributed by atoms with Crippen LogP contribution in [0.3, 0.4) is 0 Å². The molecular formula is C20H18ClNO3. The molecule has 0 aliphatic carbocycles.